The zero-order valence-electron chi connectivity index (χ0n) is 19.4. The second-order valence-corrected chi connectivity index (χ2v) is 9.83. The highest BCUT2D eigenvalue weighted by Crippen LogP contribution is 2.29. The highest BCUT2D eigenvalue weighted by atomic mass is 32.1. The Kier molecular flexibility index (Phi) is 7.79. The van der Waals surface area contributed by atoms with Gasteiger partial charge in [0.1, 0.15) is 11.6 Å². The smallest absolute Gasteiger partial charge is 0.232 e. The fourth-order valence-corrected chi connectivity index (χ4v) is 5.08. The Morgan fingerprint density at radius 2 is 1.66 bits per heavy atom. The Hall–Kier alpha value is -2.41. The van der Waals surface area contributed by atoms with Crippen LogP contribution in [0.15, 0.2) is 36.4 Å². The van der Waals surface area contributed by atoms with Crippen LogP contribution in [0.2, 0.25) is 0 Å². The van der Waals surface area contributed by atoms with E-state index in [1.807, 2.05) is 0 Å². The second kappa shape index (κ2) is 10.9. The molecule has 2 aliphatic rings. The van der Waals surface area contributed by atoms with Crippen molar-refractivity contribution in [3.63, 3.8) is 0 Å². The van der Waals surface area contributed by atoms with Crippen LogP contribution in [0, 0.1) is 11.8 Å². The van der Waals surface area contributed by atoms with E-state index in [-0.39, 0.29) is 0 Å². The van der Waals surface area contributed by atoms with E-state index in [0.717, 1.165) is 57.2 Å². The molecule has 172 valence electrons. The van der Waals surface area contributed by atoms with Gasteiger partial charge in [-0.3, -0.25) is 0 Å². The van der Waals surface area contributed by atoms with Crippen molar-refractivity contribution in [3.8, 4) is 0 Å². The van der Waals surface area contributed by atoms with Crippen LogP contribution in [-0.4, -0.2) is 47.8 Å². The minimum atomic E-state index is 0.586. The average molecular weight is 453 g/mol. The van der Waals surface area contributed by atoms with Crippen molar-refractivity contribution in [1.29, 1.82) is 0 Å². The van der Waals surface area contributed by atoms with E-state index in [0.29, 0.717) is 22.9 Å². The van der Waals surface area contributed by atoms with Crippen molar-refractivity contribution in [1.82, 2.24) is 15.3 Å². The molecule has 2 atom stereocenters. The fourth-order valence-electron chi connectivity index (χ4n) is 4.88. The standard InChI is InChI=1S/C25H36N6S/c1-19-15-20(2)18-31(17-19)23-16-22(30-13-6-7-14-30)27-24(28-23)29-25(32)26-12-8-11-21-9-4-3-5-10-21/h3-5,9-10,16,19-20H,6-8,11-15,17-18H2,1-2H3,(H2,26,27,28,29,32)/t19-,20+. The first kappa shape index (κ1) is 22.8. The summed E-state index contributed by atoms with van der Waals surface area (Å²) in [4.78, 5) is 14.5. The van der Waals surface area contributed by atoms with Gasteiger partial charge in [0.2, 0.25) is 5.95 Å². The SMILES string of the molecule is C[C@@H]1C[C@H](C)CN(c2cc(N3CCCC3)nc(NC(=S)NCCCc3ccccc3)n2)C1. The van der Waals surface area contributed by atoms with E-state index >= 15 is 0 Å². The van der Waals surface area contributed by atoms with Gasteiger partial charge in [-0.2, -0.15) is 9.97 Å². The molecular weight excluding hydrogens is 416 g/mol. The van der Waals surface area contributed by atoms with Crippen molar-refractivity contribution in [2.24, 2.45) is 11.8 Å². The zero-order chi connectivity index (χ0) is 22.3. The number of nitrogens with one attached hydrogen (secondary N) is 2. The first-order chi connectivity index (χ1) is 15.6. The molecule has 0 radical (unpaired) electrons. The van der Waals surface area contributed by atoms with Gasteiger partial charge < -0.3 is 20.4 Å². The van der Waals surface area contributed by atoms with Crippen molar-refractivity contribution >= 4 is 34.9 Å². The monoisotopic (exact) mass is 452 g/mol. The zero-order valence-corrected chi connectivity index (χ0v) is 20.2. The summed E-state index contributed by atoms with van der Waals surface area (Å²) in [7, 11) is 0. The Morgan fingerprint density at radius 1 is 1.00 bits per heavy atom. The van der Waals surface area contributed by atoms with Crippen LogP contribution in [0.25, 0.3) is 0 Å². The maximum Gasteiger partial charge on any atom is 0.232 e. The number of piperidine rings is 1. The number of thiocarbonyl (C=S) groups is 1. The van der Waals surface area contributed by atoms with Crippen LogP contribution in [-0.2, 0) is 6.42 Å². The van der Waals surface area contributed by atoms with Crippen molar-refractivity contribution < 1.29 is 0 Å². The predicted molar refractivity (Wildman–Crippen MR) is 138 cm³/mol. The molecule has 6 nitrogen and oxygen atoms in total. The van der Waals surface area contributed by atoms with E-state index in [1.54, 1.807) is 0 Å². The van der Waals surface area contributed by atoms with Crippen molar-refractivity contribution in [2.75, 3.05) is 47.8 Å². The summed E-state index contributed by atoms with van der Waals surface area (Å²) in [6.07, 6.45) is 5.79. The molecule has 2 fully saturated rings. The summed E-state index contributed by atoms with van der Waals surface area (Å²) in [6, 6.07) is 12.7. The van der Waals surface area contributed by atoms with E-state index in [9.17, 15) is 0 Å². The summed E-state index contributed by atoms with van der Waals surface area (Å²) in [5.41, 5.74) is 1.35. The van der Waals surface area contributed by atoms with Gasteiger partial charge in [-0.15, -0.1) is 0 Å². The maximum atomic E-state index is 5.55. The normalized spacial score (nSPS) is 20.9. The van der Waals surface area contributed by atoms with Crippen LogP contribution in [0.4, 0.5) is 17.6 Å². The quantitative estimate of drug-likeness (QED) is 0.474. The fraction of sp³-hybridized carbons (Fsp3) is 0.560. The number of hydrogen-bond donors (Lipinski definition) is 2. The first-order valence-electron chi connectivity index (χ1n) is 12.0. The van der Waals surface area contributed by atoms with Crippen LogP contribution in [0.3, 0.4) is 0 Å². The van der Waals surface area contributed by atoms with Gasteiger partial charge in [-0.05, 0) is 61.7 Å². The molecule has 32 heavy (non-hydrogen) atoms. The molecule has 0 aliphatic carbocycles. The minimum Gasteiger partial charge on any atom is -0.362 e. The Balaban J connectivity index is 1.40. The van der Waals surface area contributed by atoms with E-state index < -0.39 is 0 Å². The number of benzene rings is 1. The average Bonchev–Trinajstić information content (AvgIpc) is 3.32. The third-order valence-corrected chi connectivity index (χ3v) is 6.56. The molecule has 0 spiro atoms. The number of aryl methyl sites for hydroxylation is 1. The van der Waals surface area contributed by atoms with Crippen LogP contribution < -0.4 is 20.4 Å². The molecule has 2 aromatic rings. The summed E-state index contributed by atoms with van der Waals surface area (Å²) >= 11 is 5.55. The van der Waals surface area contributed by atoms with Gasteiger partial charge in [0.15, 0.2) is 5.11 Å². The molecule has 0 unspecified atom stereocenters. The van der Waals surface area contributed by atoms with Gasteiger partial charge in [0, 0.05) is 38.8 Å². The molecular formula is C25H36N6S. The lowest BCUT2D eigenvalue weighted by Crippen LogP contribution is -2.39. The number of anilines is 3. The summed E-state index contributed by atoms with van der Waals surface area (Å²) in [5.74, 6) is 3.96. The van der Waals surface area contributed by atoms with Gasteiger partial charge in [-0.25, -0.2) is 0 Å². The largest absolute Gasteiger partial charge is 0.362 e. The predicted octanol–water partition coefficient (Wildman–Crippen LogP) is 4.48. The van der Waals surface area contributed by atoms with Crippen LogP contribution in [0.1, 0.15) is 45.1 Å². The van der Waals surface area contributed by atoms with Gasteiger partial charge in [0.25, 0.3) is 0 Å². The highest BCUT2D eigenvalue weighted by molar-refractivity contribution is 7.80. The molecule has 0 bridgehead atoms. The van der Waals surface area contributed by atoms with Crippen molar-refractivity contribution in [3.05, 3.63) is 42.0 Å². The summed E-state index contributed by atoms with van der Waals surface area (Å²) in [6.45, 7) is 9.69. The third kappa shape index (κ3) is 6.31. The van der Waals surface area contributed by atoms with Crippen LogP contribution in [0.5, 0.6) is 0 Å². The van der Waals surface area contributed by atoms with E-state index in [4.69, 9.17) is 22.2 Å². The molecule has 1 aromatic carbocycles. The minimum absolute atomic E-state index is 0.586. The molecule has 2 N–H and O–H groups in total. The molecule has 2 saturated heterocycles. The van der Waals surface area contributed by atoms with E-state index in [2.05, 4.69) is 70.7 Å². The number of nitrogens with zero attached hydrogens (tertiary/aromatic N) is 4. The Morgan fingerprint density at radius 3 is 2.34 bits per heavy atom. The molecule has 3 heterocycles. The third-order valence-electron chi connectivity index (χ3n) is 6.32. The van der Waals surface area contributed by atoms with Crippen molar-refractivity contribution in [2.45, 2.75) is 46.0 Å². The van der Waals surface area contributed by atoms with Gasteiger partial charge in [0.05, 0.1) is 0 Å². The van der Waals surface area contributed by atoms with Gasteiger partial charge in [-0.1, -0.05) is 44.2 Å². The first-order valence-corrected chi connectivity index (χ1v) is 12.5. The lowest BCUT2D eigenvalue weighted by Gasteiger charge is -2.36. The lowest BCUT2D eigenvalue weighted by atomic mass is 9.92. The topological polar surface area (TPSA) is 56.3 Å². The second-order valence-electron chi connectivity index (χ2n) is 9.42. The van der Waals surface area contributed by atoms with Gasteiger partial charge >= 0.3 is 0 Å². The Labute approximate surface area is 197 Å². The van der Waals surface area contributed by atoms with E-state index in [1.165, 1.54) is 24.8 Å². The van der Waals surface area contributed by atoms with Crippen LogP contribution >= 0.6 is 12.2 Å². The molecule has 0 saturated carbocycles. The Bertz CT molecular complexity index is 873. The number of rotatable bonds is 7. The molecule has 0 amide bonds. The molecule has 7 heteroatoms. The lowest BCUT2D eigenvalue weighted by molar-refractivity contribution is 0.355. The highest BCUT2D eigenvalue weighted by Gasteiger charge is 2.25. The molecule has 2 aliphatic heterocycles. The summed E-state index contributed by atoms with van der Waals surface area (Å²) < 4.78 is 0. The molecule has 4 rings (SSSR count). The number of aromatic nitrogens is 2. The number of hydrogen-bond acceptors (Lipinski definition) is 5. The summed E-state index contributed by atoms with van der Waals surface area (Å²) in [5, 5.41) is 7.15. The molecule has 1 aromatic heterocycles. The maximum absolute atomic E-state index is 5.55.